The topological polar surface area (TPSA) is 104 Å². The number of hydrogen-bond donors (Lipinski definition) is 3. The second kappa shape index (κ2) is 7.97. The molecule has 1 unspecified atom stereocenters. The number of amides is 1. The van der Waals surface area contributed by atoms with Gasteiger partial charge in [-0.2, -0.15) is 0 Å². The summed E-state index contributed by atoms with van der Waals surface area (Å²) in [7, 11) is 0. The van der Waals surface area contributed by atoms with Crippen molar-refractivity contribution in [3.05, 3.63) is 30.2 Å². The van der Waals surface area contributed by atoms with Crippen molar-refractivity contribution >= 4 is 22.5 Å². The van der Waals surface area contributed by atoms with Gasteiger partial charge < -0.3 is 21.1 Å². The van der Waals surface area contributed by atoms with E-state index in [1.807, 2.05) is 25.3 Å². The van der Waals surface area contributed by atoms with E-state index in [1.54, 1.807) is 6.20 Å². The van der Waals surface area contributed by atoms with Gasteiger partial charge >= 0.3 is 0 Å². The number of nitrogens with one attached hydrogen (secondary N) is 1. The van der Waals surface area contributed by atoms with Crippen LogP contribution >= 0.6 is 0 Å². The molecule has 26 heavy (non-hydrogen) atoms. The molecule has 4 N–H and O–H groups in total. The van der Waals surface area contributed by atoms with Gasteiger partial charge in [0.05, 0.1) is 11.1 Å². The van der Waals surface area contributed by atoms with Crippen LogP contribution in [-0.4, -0.2) is 52.8 Å². The Bertz CT molecular complexity index is 782. The Morgan fingerprint density at radius 1 is 1.50 bits per heavy atom. The normalized spacial score (nSPS) is 20.3. The molecule has 2 aromatic rings. The van der Waals surface area contributed by atoms with Crippen molar-refractivity contribution in [2.24, 2.45) is 5.73 Å². The fourth-order valence-corrected chi connectivity index (χ4v) is 3.52. The molecule has 1 aliphatic rings. The Morgan fingerprint density at radius 2 is 2.35 bits per heavy atom. The van der Waals surface area contributed by atoms with Crippen LogP contribution in [-0.2, 0) is 4.79 Å². The molecule has 0 radical (unpaired) electrons. The molecule has 3 heterocycles. The summed E-state index contributed by atoms with van der Waals surface area (Å²) in [6.07, 6.45) is 6.14. The molecule has 3 rings (SSSR count). The zero-order valence-corrected chi connectivity index (χ0v) is 15.2. The maximum Gasteiger partial charge on any atom is 0.220 e. The van der Waals surface area contributed by atoms with Crippen molar-refractivity contribution in [3.8, 4) is 0 Å². The van der Waals surface area contributed by atoms with E-state index in [-0.39, 0.29) is 12.5 Å². The molecule has 0 spiro atoms. The van der Waals surface area contributed by atoms with E-state index in [0.29, 0.717) is 32.4 Å². The molecule has 1 aliphatic heterocycles. The number of pyridine rings is 2. The summed E-state index contributed by atoms with van der Waals surface area (Å²) < 4.78 is 0. The van der Waals surface area contributed by atoms with Crippen molar-refractivity contribution in [2.45, 2.75) is 38.2 Å². The van der Waals surface area contributed by atoms with Gasteiger partial charge in [0.2, 0.25) is 5.91 Å². The van der Waals surface area contributed by atoms with E-state index in [1.165, 1.54) is 0 Å². The van der Waals surface area contributed by atoms with Crippen molar-refractivity contribution in [1.29, 1.82) is 0 Å². The molecular weight excluding hydrogens is 330 g/mol. The van der Waals surface area contributed by atoms with Crippen molar-refractivity contribution in [2.75, 3.05) is 31.1 Å². The van der Waals surface area contributed by atoms with Crippen LogP contribution in [0.3, 0.4) is 0 Å². The average Bonchev–Trinajstić information content (AvgIpc) is 2.64. The summed E-state index contributed by atoms with van der Waals surface area (Å²) in [6.45, 7) is 4.05. The number of aromatic nitrogens is 2. The lowest BCUT2D eigenvalue weighted by Crippen LogP contribution is -2.54. The summed E-state index contributed by atoms with van der Waals surface area (Å²) in [4.78, 5) is 22.8. The highest BCUT2D eigenvalue weighted by atomic mass is 16.3. The lowest BCUT2D eigenvalue weighted by molar-refractivity contribution is -0.122. The number of β-amino-alcohol motifs (C(OH)–C–C–N with tert-alkyl or cyclic N) is 1. The second-order valence-corrected chi connectivity index (χ2v) is 7.09. The third-order valence-corrected chi connectivity index (χ3v) is 4.84. The van der Waals surface area contributed by atoms with Gasteiger partial charge in [0.25, 0.3) is 0 Å². The molecule has 2 aromatic heterocycles. The number of carbonyl (C=O) groups is 1. The van der Waals surface area contributed by atoms with E-state index < -0.39 is 5.60 Å². The Balaban J connectivity index is 1.75. The number of fused-ring (bicyclic) bond motifs is 1. The van der Waals surface area contributed by atoms with Gasteiger partial charge in [0.15, 0.2) is 0 Å². The molecule has 7 nitrogen and oxygen atoms in total. The maximum atomic E-state index is 11.8. The third-order valence-electron chi connectivity index (χ3n) is 4.84. The van der Waals surface area contributed by atoms with Crippen LogP contribution in [0.1, 0.15) is 31.4 Å². The van der Waals surface area contributed by atoms with Gasteiger partial charge in [-0.25, -0.2) is 0 Å². The first-order valence-electron chi connectivity index (χ1n) is 9.16. The molecule has 0 bridgehead atoms. The number of piperidine rings is 1. The van der Waals surface area contributed by atoms with Crippen LogP contribution in [0.5, 0.6) is 0 Å². The quantitative estimate of drug-likeness (QED) is 0.716. The first-order valence-corrected chi connectivity index (χ1v) is 9.16. The smallest absolute Gasteiger partial charge is 0.220 e. The number of aliphatic hydroxyl groups is 1. The van der Waals surface area contributed by atoms with E-state index in [9.17, 15) is 9.90 Å². The number of aryl methyl sites for hydroxylation is 1. The average molecular weight is 357 g/mol. The minimum absolute atomic E-state index is 0.0598. The van der Waals surface area contributed by atoms with Crippen LogP contribution in [0.15, 0.2) is 24.5 Å². The summed E-state index contributed by atoms with van der Waals surface area (Å²) >= 11 is 0. The predicted molar refractivity (Wildman–Crippen MR) is 102 cm³/mol. The Hall–Kier alpha value is -2.25. The summed E-state index contributed by atoms with van der Waals surface area (Å²) in [5.74, 6) is -0.0598. The summed E-state index contributed by atoms with van der Waals surface area (Å²) in [5, 5.41) is 14.8. The molecule has 1 saturated heterocycles. The van der Waals surface area contributed by atoms with Crippen LogP contribution in [0.4, 0.5) is 5.69 Å². The summed E-state index contributed by atoms with van der Waals surface area (Å²) in [5.41, 5.74) is 7.36. The molecule has 7 heteroatoms. The monoisotopic (exact) mass is 357 g/mol. The predicted octanol–water partition coefficient (Wildman–Crippen LogP) is 1.12. The lowest BCUT2D eigenvalue weighted by Gasteiger charge is -2.41. The number of anilines is 1. The number of rotatable bonds is 6. The van der Waals surface area contributed by atoms with Gasteiger partial charge in [-0.3, -0.25) is 14.8 Å². The Kier molecular flexibility index (Phi) is 5.68. The number of hydrogen-bond acceptors (Lipinski definition) is 6. The van der Waals surface area contributed by atoms with Gasteiger partial charge in [-0.05, 0) is 44.9 Å². The Labute approximate surface area is 153 Å². The standard InChI is InChI=1S/C19H27N5O2/c1-14-10-17(15-11-21-8-5-16(15)23-14)24-9-3-6-19(26,13-24)12-22-18(25)4-2-7-20/h5,8,10-11,26H,2-4,6-7,9,12-13,20H2,1H3,(H,22,25). The zero-order valence-electron chi connectivity index (χ0n) is 15.2. The van der Waals surface area contributed by atoms with Crippen molar-refractivity contribution in [3.63, 3.8) is 0 Å². The number of carbonyl (C=O) groups excluding carboxylic acids is 1. The van der Waals surface area contributed by atoms with Gasteiger partial charge in [0, 0.05) is 55.2 Å². The van der Waals surface area contributed by atoms with E-state index >= 15 is 0 Å². The molecule has 1 atom stereocenters. The molecule has 140 valence electrons. The van der Waals surface area contributed by atoms with E-state index in [2.05, 4.69) is 20.2 Å². The fraction of sp³-hybridized carbons (Fsp3) is 0.526. The van der Waals surface area contributed by atoms with Crippen LogP contribution in [0.25, 0.3) is 10.9 Å². The van der Waals surface area contributed by atoms with E-state index in [4.69, 9.17) is 5.73 Å². The molecule has 1 fully saturated rings. The largest absolute Gasteiger partial charge is 0.386 e. The van der Waals surface area contributed by atoms with Crippen LogP contribution in [0, 0.1) is 6.92 Å². The highest BCUT2D eigenvalue weighted by molar-refractivity contribution is 5.91. The van der Waals surface area contributed by atoms with Gasteiger partial charge in [0.1, 0.15) is 0 Å². The first kappa shape index (κ1) is 18.5. The fourth-order valence-electron chi connectivity index (χ4n) is 3.52. The second-order valence-electron chi connectivity index (χ2n) is 7.09. The zero-order chi connectivity index (χ0) is 18.6. The van der Waals surface area contributed by atoms with Crippen molar-refractivity contribution < 1.29 is 9.90 Å². The number of nitrogens with zero attached hydrogens (tertiary/aromatic N) is 3. The summed E-state index contributed by atoms with van der Waals surface area (Å²) in [6, 6.07) is 3.94. The number of nitrogens with two attached hydrogens (primary N) is 1. The maximum absolute atomic E-state index is 11.8. The molecule has 0 saturated carbocycles. The Morgan fingerprint density at radius 3 is 3.15 bits per heavy atom. The minimum Gasteiger partial charge on any atom is -0.386 e. The minimum atomic E-state index is -0.942. The third kappa shape index (κ3) is 4.28. The molecular formula is C19H27N5O2. The lowest BCUT2D eigenvalue weighted by atomic mass is 9.92. The van der Waals surface area contributed by atoms with Gasteiger partial charge in [-0.1, -0.05) is 0 Å². The molecule has 1 amide bonds. The van der Waals surface area contributed by atoms with Crippen LogP contribution < -0.4 is 16.0 Å². The molecule has 0 aliphatic carbocycles. The SMILES string of the molecule is Cc1cc(N2CCCC(O)(CNC(=O)CCCN)C2)c2cnccc2n1. The van der Waals surface area contributed by atoms with Crippen molar-refractivity contribution in [1.82, 2.24) is 15.3 Å². The molecule has 0 aromatic carbocycles. The highest BCUT2D eigenvalue weighted by Crippen LogP contribution is 2.31. The first-order chi connectivity index (χ1) is 12.5. The van der Waals surface area contributed by atoms with Gasteiger partial charge in [-0.15, -0.1) is 0 Å². The van der Waals surface area contributed by atoms with Crippen LogP contribution in [0.2, 0.25) is 0 Å². The highest BCUT2D eigenvalue weighted by Gasteiger charge is 2.34. The van der Waals surface area contributed by atoms with E-state index in [0.717, 1.165) is 35.2 Å².